The number of hydrogen-bond donors (Lipinski definition) is 2. The first kappa shape index (κ1) is 27.8. The van der Waals surface area contributed by atoms with Gasteiger partial charge >= 0.3 is 0 Å². The van der Waals surface area contributed by atoms with Gasteiger partial charge in [-0.3, -0.25) is 0 Å². The molecule has 5 heteroatoms. The van der Waals surface area contributed by atoms with Crippen LogP contribution in [-0.2, 0) is 6.61 Å². The molecule has 0 saturated carbocycles. The number of ether oxygens (including phenoxy) is 1. The molecule has 2 aliphatic rings. The van der Waals surface area contributed by atoms with E-state index in [1.54, 1.807) is 0 Å². The average molecular weight is 619 g/mol. The van der Waals surface area contributed by atoms with Crippen LogP contribution in [0.4, 0.5) is 0 Å². The largest absolute Gasteiger partial charge is 0.471 e. The summed E-state index contributed by atoms with van der Waals surface area (Å²) in [4.78, 5) is 18.1. The van der Waals surface area contributed by atoms with Gasteiger partial charge in [0.1, 0.15) is 6.61 Å². The first-order valence-corrected chi connectivity index (χ1v) is 16.1. The van der Waals surface area contributed by atoms with Gasteiger partial charge in [0.25, 0.3) is 0 Å². The average Bonchev–Trinajstić information content (AvgIpc) is 3.98. The molecule has 8 bridgehead atoms. The van der Waals surface area contributed by atoms with E-state index >= 15 is 0 Å². The van der Waals surface area contributed by atoms with Crippen molar-refractivity contribution >= 4 is 34.2 Å². The van der Waals surface area contributed by atoms with Crippen molar-refractivity contribution in [2.24, 2.45) is 0 Å². The lowest BCUT2D eigenvalue weighted by Crippen LogP contribution is -1.91. The number of aromatic amines is 2. The van der Waals surface area contributed by atoms with E-state index in [4.69, 9.17) is 14.7 Å². The van der Waals surface area contributed by atoms with E-state index in [0.717, 1.165) is 83.7 Å². The summed E-state index contributed by atoms with van der Waals surface area (Å²) in [5, 5.41) is 0. The van der Waals surface area contributed by atoms with Gasteiger partial charge in [-0.15, -0.1) is 0 Å². The van der Waals surface area contributed by atoms with Gasteiger partial charge in [0.05, 0.1) is 28.2 Å². The number of benzene rings is 4. The standard InChI is InChI=1S/C43H30N4O/c1-5-13-28(14-6-1)39-32-21-22-33(44-32)40(29-15-7-2-8-16-29)35-25-26-37(46-35)42(31-19-11-4-12-20-31)43-47-38(27-48-43)41(30-17-9-3-10-18-30)36-24-23-34(39)45-36/h1-26,45-46H,27H2. The first-order chi connectivity index (χ1) is 23.8. The molecule has 0 unspecified atom stereocenters. The SMILES string of the molecule is C1=Cc2nc1c(-c1ccccc1)c1ccc([nH]1)c(-c1ccccc1)c1nc(c(-c3ccccc3)c3ccc([nH]3)c2-c2ccccc2)OC1. The molecule has 0 fully saturated rings. The van der Waals surface area contributed by atoms with E-state index in [-0.39, 0.29) is 0 Å². The number of aromatic nitrogens is 4. The molecule has 4 aromatic carbocycles. The summed E-state index contributed by atoms with van der Waals surface area (Å²) in [5.41, 5.74) is 14.7. The van der Waals surface area contributed by atoms with E-state index in [0.29, 0.717) is 12.5 Å². The zero-order valence-corrected chi connectivity index (χ0v) is 26.0. The Morgan fingerprint density at radius 1 is 0.396 bits per heavy atom. The molecule has 0 atom stereocenters. The van der Waals surface area contributed by atoms with Crippen molar-refractivity contribution in [3.05, 3.63) is 163 Å². The Morgan fingerprint density at radius 2 is 0.771 bits per heavy atom. The predicted molar refractivity (Wildman–Crippen MR) is 196 cm³/mol. The molecule has 2 aliphatic heterocycles. The number of nitrogens with one attached hydrogen (secondary N) is 2. The third-order valence-corrected chi connectivity index (χ3v) is 8.94. The van der Waals surface area contributed by atoms with Gasteiger partial charge in [0.15, 0.2) is 0 Å². The van der Waals surface area contributed by atoms with Crippen molar-refractivity contribution in [1.29, 1.82) is 0 Å². The zero-order valence-electron chi connectivity index (χ0n) is 26.0. The first-order valence-electron chi connectivity index (χ1n) is 16.1. The highest BCUT2D eigenvalue weighted by Crippen LogP contribution is 2.39. The van der Waals surface area contributed by atoms with E-state index in [9.17, 15) is 0 Å². The molecular weight excluding hydrogens is 589 g/mol. The van der Waals surface area contributed by atoms with E-state index in [1.807, 2.05) is 36.4 Å². The molecule has 0 spiro atoms. The second-order valence-electron chi connectivity index (χ2n) is 11.9. The van der Waals surface area contributed by atoms with Crippen LogP contribution in [-0.4, -0.2) is 19.9 Å². The predicted octanol–water partition coefficient (Wildman–Crippen LogP) is 10.7. The normalized spacial score (nSPS) is 12.2. The summed E-state index contributed by atoms with van der Waals surface area (Å²) in [7, 11) is 0. The van der Waals surface area contributed by atoms with Gasteiger partial charge in [0, 0.05) is 33.2 Å². The topological polar surface area (TPSA) is 66.6 Å². The fraction of sp³-hybridized carbons (Fsp3) is 0.0233. The van der Waals surface area contributed by atoms with Gasteiger partial charge < -0.3 is 14.7 Å². The number of H-pyrrole nitrogens is 2. The molecule has 7 aromatic rings. The van der Waals surface area contributed by atoms with Crippen LogP contribution in [0.3, 0.4) is 0 Å². The van der Waals surface area contributed by atoms with Crippen LogP contribution in [0.5, 0.6) is 5.88 Å². The van der Waals surface area contributed by atoms with Crippen LogP contribution in [0.1, 0.15) is 17.1 Å². The van der Waals surface area contributed by atoms with Gasteiger partial charge in [-0.2, -0.15) is 0 Å². The van der Waals surface area contributed by atoms with Crippen LogP contribution >= 0.6 is 0 Å². The lowest BCUT2D eigenvalue weighted by atomic mass is 10.0. The lowest BCUT2D eigenvalue weighted by Gasteiger charge is -2.06. The van der Waals surface area contributed by atoms with Crippen molar-refractivity contribution in [3.8, 4) is 50.4 Å². The number of rotatable bonds is 4. The van der Waals surface area contributed by atoms with Gasteiger partial charge in [-0.05, 0) is 58.7 Å². The molecule has 0 amide bonds. The Kier molecular flexibility index (Phi) is 6.79. The molecule has 0 radical (unpaired) electrons. The lowest BCUT2D eigenvalue weighted by molar-refractivity contribution is 0.326. The summed E-state index contributed by atoms with van der Waals surface area (Å²) < 4.78 is 6.50. The minimum Gasteiger partial charge on any atom is -0.471 e. The monoisotopic (exact) mass is 618 g/mol. The second-order valence-corrected chi connectivity index (χ2v) is 11.9. The number of nitrogens with zero attached hydrogens (tertiary/aromatic N) is 2. The van der Waals surface area contributed by atoms with Crippen LogP contribution in [0.15, 0.2) is 146 Å². The summed E-state index contributed by atoms with van der Waals surface area (Å²) in [5.74, 6) is 0.587. The Labute approximate surface area is 277 Å². The fourth-order valence-electron chi connectivity index (χ4n) is 6.77. The molecule has 0 aliphatic carbocycles. The van der Waals surface area contributed by atoms with Gasteiger partial charge in [0.2, 0.25) is 5.88 Å². The molecule has 228 valence electrons. The Morgan fingerprint density at radius 3 is 1.23 bits per heavy atom. The van der Waals surface area contributed by atoms with Crippen LogP contribution in [0, 0.1) is 0 Å². The summed E-state index contributed by atoms with van der Waals surface area (Å²) >= 11 is 0. The number of hydrogen-bond acceptors (Lipinski definition) is 3. The summed E-state index contributed by atoms with van der Waals surface area (Å²) in [6, 6.07) is 50.2. The highest BCUT2D eigenvalue weighted by Gasteiger charge is 2.21. The van der Waals surface area contributed by atoms with Crippen LogP contribution < -0.4 is 4.74 Å². The minimum absolute atomic E-state index is 0.349. The van der Waals surface area contributed by atoms with E-state index < -0.39 is 0 Å². The van der Waals surface area contributed by atoms with Crippen LogP contribution in [0.2, 0.25) is 0 Å². The van der Waals surface area contributed by atoms with Crippen molar-refractivity contribution in [2.45, 2.75) is 6.61 Å². The highest BCUT2D eigenvalue weighted by atomic mass is 16.5. The second kappa shape index (κ2) is 11.7. The summed E-state index contributed by atoms with van der Waals surface area (Å²) in [6.45, 7) is 0.349. The highest BCUT2D eigenvalue weighted by molar-refractivity contribution is 5.97. The Hall–Kier alpha value is -6.46. The van der Waals surface area contributed by atoms with Crippen molar-refractivity contribution in [1.82, 2.24) is 19.9 Å². The molecule has 5 nitrogen and oxygen atoms in total. The zero-order chi connectivity index (χ0) is 31.9. The van der Waals surface area contributed by atoms with Crippen molar-refractivity contribution < 1.29 is 4.74 Å². The van der Waals surface area contributed by atoms with Gasteiger partial charge in [-0.25, -0.2) is 9.97 Å². The van der Waals surface area contributed by atoms with E-state index in [2.05, 4.69) is 131 Å². The third-order valence-electron chi connectivity index (χ3n) is 8.94. The van der Waals surface area contributed by atoms with Gasteiger partial charge in [-0.1, -0.05) is 121 Å². The molecule has 5 heterocycles. The molecule has 48 heavy (non-hydrogen) atoms. The fourth-order valence-corrected chi connectivity index (χ4v) is 6.77. The smallest absolute Gasteiger partial charge is 0.224 e. The summed E-state index contributed by atoms with van der Waals surface area (Å²) in [6.07, 6.45) is 4.25. The maximum atomic E-state index is 6.50. The quantitative estimate of drug-likeness (QED) is 0.206. The molecule has 2 N–H and O–H groups in total. The van der Waals surface area contributed by atoms with Crippen molar-refractivity contribution in [3.63, 3.8) is 0 Å². The maximum Gasteiger partial charge on any atom is 0.224 e. The number of fused-ring (bicyclic) bond motifs is 8. The third kappa shape index (κ3) is 4.89. The molecule has 9 rings (SSSR count). The van der Waals surface area contributed by atoms with Crippen LogP contribution in [0.25, 0.3) is 78.7 Å². The van der Waals surface area contributed by atoms with E-state index in [1.165, 1.54) is 0 Å². The van der Waals surface area contributed by atoms with Crippen molar-refractivity contribution in [2.75, 3.05) is 0 Å². The minimum atomic E-state index is 0.349. The molecule has 3 aromatic heterocycles. The molecular formula is C43H30N4O. The Balaban J connectivity index is 1.48. The maximum absolute atomic E-state index is 6.50. The Bertz CT molecular complexity index is 2310. The molecule has 0 saturated heterocycles.